The van der Waals surface area contributed by atoms with Gasteiger partial charge >= 0.3 is 11.8 Å². The van der Waals surface area contributed by atoms with Crippen LogP contribution < -0.4 is 10.7 Å². The summed E-state index contributed by atoms with van der Waals surface area (Å²) < 4.78 is 0. The lowest BCUT2D eigenvalue weighted by atomic mass is 10.2. The molecule has 0 aliphatic carbocycles. The number of para-hydroxylation sites is 1. The van der Waals surface area contributed by atoms with Crippen LogP contribution in [0.4, 0.5) is 11.4 Å². The van der Waals surface area contributed by atoms with Crippen molar-refractivity contribution in [2.45, 2.75) is 6.92 Å². The zero-order chi connectivity index (χ0) is 18.4. The van der Waals surface area contributed by atoms with Crippen molar-refractivity contribution in [1.29, 1.82) is 0 Å². The highest BCUT2D eigenvalue weighted by Crippen LogP contribution is 2.20. The van der Waals surface area contributed by atoms with Crippen molar-refractivity contribution >= 4 is 41.0 Å². The lowest BCUT2D eigenvalue weighted by Gasteiger charge is -2.06. The van der Waals surface area contributed by atoms with Gasteiger partial charge in [0.15, 0.2) is 0 Å². The van der Waals surface area contributed by atoms with Gasteiger partial charge in [0.1, 0.15) is 0 Å². The normalized spacial score (nSPS) is 10.5. The number of carbonyl (C=O) groups is 2. The van der Waals surface area contributed by atoms with Crippen LogP contribution in [0.1, 0.15) is 11.1 Å². The molecule has 0 unspecified atom stereocenters. The van der Waals surface area contributed by atoms with Crippen molar-refractivity contribution in [3.05, 3.63) is 68.7 Å². The van der Waals surface area contributed by atoms with E-state index < -0.39 is 16.7 Å². The van der Waals surface area contributed by atoms with Gasteiger partial charge in [-0.15, -0.1) is 0 Å². The van der Waals surface area contributed by atoms with E-state index in [4.69, 9.17) is 11.6 Å². The van der Waals surface area contributed by atoms with Crippen molar-refractivity contribution in [1.82, 2.24) is 5.43 Å². The topological polar surface area (TPSA) is 114 Å². The quantitative estimate of drug-likeness (QED) is 0.377. The molecule has 2 amide bonds. The second-order valence-electron chi connectivity index (χ2n) is 4.93. The van der Waals surface area contributed by atoms with Gasteiger partial charge in [-0.05, 0) is 24.6 Å². The maximum absolute atomic E-state index is 11.8. The Hall–Kier alpha value is -3.26. The van der Waals surface area contributed by atoms with Gasteiger partial charge in [-0.3, -0.25) is 19.7 Å². The molecule has 0 aliphatic heterocycles. The summed E-state index contributed by atoms with van der Waals surface area (Å²) in [5.41, 5.74) is 3.41. The highest BCUT2D eigenvalue weighted by atomic mass is 35.5. The van der Waals surface area contributed by atoms with Crippen molar-refractivity contribution < 1.29 is 14.5 Å². The summed E-state index contributed by atoms with van der Waals surface area (Å²) in [7, 11) is 0. The van der Waals surface area contributed by atoms with Crippen molar-refractivity contribution in [3.8, 4) is 0 Å². The maximum atomic E-state index is 11.8. The number of hydrogen-bond acceptors (Lipinski definition) is 5. The van der Waals surface area contributed by atoms with Gasteiger partial charge in [-0.1, -0.05) is 29.8 Å². The minimum atomic E-state index is -0.985. The minimum Gasteiger partial charge on any atom is -0.317 e. The first-order chi connectivity index (χ1) is 11.9. The highest BCUT2D eigenvalue weighted by Gasteiger charge is 2.14. The average molecular weight is 361 g/mol. The average Bonchev–Trinajstić information content (AvgIpc) is 2.58. The van der Waals surface area contributed by atoms with E-state index in [1.807, 2.05) is 5.43 Å². The molecule has 8 nitrogen and oxygen atoms in total. The second-order valence-corrected chi connectivity index (χ2v) is 5.34. The first-order valence-corrected chi connectivity index (χ1v) is 7.40. The summed E-state index contributed by atoms with van der Waals surface area (Å²) in [6.45, 7) is 1.79. The number of anilines is 1. The Labute approximate surface area is 147 Å². The van der Waals surface area contributed by atoms with E-state index in [9.17, 15) is 19.7 Å². The molecule has 0 fully saturated rings. The number of halogens is 1. The van der Waals surface area contributed by atoms with E-state index in [1.165, 1.54) is 18.2 Å². The van der Waals surface area contributed by atoms with E-state index >= 15 is 0 Å². The predicted molar refractivity (Wildman–Crippen MR) is 93.7 cm³/mol. The number of amides is 2. The number of hydrogen-bond donors (Lipinski definition) is 2. The van der Waals surface area contributed by atoms with E-state index in [0.29, 0.717) is 5.69 Å². The van der Waals surface area contributed by atoms with Crippen molar-refractivity contribution in [2.24, 2.45) is 5.10 Å². The molecule has 0 bridgehead atoms. The number of rotatable bonds is 4. The predicted octanol–water partition coefficient (Wildman–Crippen LogP) is 2.65. The number of nitro benzene ring substituents is 1. The monoisotopic (exact) mass is 360 g/mol. The SMILES string of the molecule is Cc1ccccc1NC(=O)C(=O)N/N=C/c1cc([N+](=O)[O-])ccc1Cl. The van der Waals surface area contributed by atoms with Crippen LogP contribution in [0.2, 0.25) is 5.02 Å². The Kier molecular flexibility index (Phi) is 5.80. The number of hydrazone groups is 1. The number of benzene rings is 2. The van der Waals surface area contributed by atoms with Gasteiger partial charge < -0.3 is 5.32 Å². The fourth-order valence-electron chi connectivity index (χ4n) is 1.85. The van der Waals surface area contributed by atoms with Crippen LogP contribution in [-0.4, -0.2) is 23.0 Å². The zero-order valence-electron chi connectivity index (χ0n) is 13.0. The van der Waals surface area contributed by atoms with Crippen LogP contribution in [0, 0.1) is 17.0 Å². The molecule has 0 aromatic heterocycles. The first kappa shape index (κ1) is 18.1. The summed E-state index contributed by atoms with van der Waals surface area (Å²) in [6.07, 6.45) is 1.12. The summed E-state index contributed by atoms with van der Waals surface area (Å²) in [5.74, 6) is -1.88. The molecule has 2 aromatic carbocycles. The third kappa shape index (κ3) is 4.85. The molecule has 2 aromatic rings. The van der Waals surface area contributed by atoms with Gasteiger partial charge in [-0.2, -0.15) is 5.10 Å². The van der Waals surface area contributed by atoms with Crippen LogP contribution in [0.5, 0.6) is 0 Å². The molecule has 2 rings (SSSR count). The van der Waals surface area contributed by atoms with Gasteiger partial charge in [0.05, 0.1) is 11.1 Å². The van der Waals surface area contributed by atoms with Gasteiger partial charge in [0.2, 0.25) is 0 Å². The Morgan fingerprint density at radius 3 is 2.60 bits per heavy atom. The molecular formula is C16H13ClN4O4. The number of nitrogens with zero attached hydrogens (tertiary/aromatic N) is 2. The fourth-order valence-corrected chi connectivity index (χ4v) is 2.01. The number of carbonyl (C=O) groups excluding carboxylic acids is 2. The maximum Gasteiger partial charge on any atom is 0.329 e. The van der Waals surface area contributed by atoms with Crippen molar-refractivity contribution in [3.63, 3.8) is 0 Å². The molecular weight excluding hydrogens is 348 g/mol. The fraction of sp³-hybridized carbons (Fsp3) is 0.0625. The number of nitro groups is 1. The Bertz CT molecular complexity index is 867. The molecule has 0 saturated heterocycles. The Balaban J connectivity index is 2.01. The third-order valence-electron chi connectivity index (χ3n) is 3.16. The van der Waals surface area contributed by atoms with Crippen LogP contribution in [-0.2, 0) is 9.59 Å². The molecule has 0 saturated carbocycles. The standard InChI is InChI=1S/C16H13ClN4O4/c1-10-4-2-3-5-14(10)19-15(22)16(23)20-18-9-11-8-12(21(24)25)6-7-13(11)17/h2-9H,1H3,(H,19,22)(H,20,23)/b18-9+. The number of nitrogens with one attached hydrogen (secondary N) is 2. The van der Waals surface area contributed by atoms with Crippen LogP contribution in [0.15, 0.2) is 47.6 Å². The van der Waals surface area contributed by atoms with Gasteiger partial charge in [-0.25, -0.2) is 5.43 Å². The summed E-state index contributed by atoms with van der Waals surface area (Å²) in [5, 5.41) is 17.0. The van der Waals surface area contributed by atoms with E-state index in [1.54, 1.807) is 31.2 Å². The minimum absolute atomic E-state index is 0.172. The lowest BCUT2D eigenvalue weighted by molar-refractivity contribution is -0.384. The zero-order valence-corrected chi connectivity index (χ0v) is 13.8. The summed E-state index contributed by atoms with van der Waals surface area (Å²) in [6, 6.07) is 10.8. The van der Waals surface area contributed by atoms with E-state index in [2.05, 4.69) is 10.4 Å². The molecule has 0 aliphatic rings. The molecule has 0 spiro atoms. The van der Waals surface area contributed by atoms with Crippen molar-refractivity contribution in [2.75, 3.05) is 5.32 Å². The van der Waals surface area contributed by atoms with Crippen LogP contribution >= 0.6 is 11.6 Å². The number of non-ortho nitro benzene ring substituents is 1. The van der Waals surface area contributed by atoms with Crippen LogP contribution in [0.25, 0.3) is 0 Å². The van der Waals surface area contributed by atoms with Gasteiger partial charge in [0, 0.05) is 28.4 Å². The highest BCUT2D eigenvalue weighted by molar-refractivity contribution is 6.39. The summed E-state index contributed by atoms with van der Waals surface area (Å²) in [4.78, 5) is 33.7. The molecule has 0 atom stereocenters. The lowest BCUT2D eigenvalue weighted by Crippen LogP contribution is -2.32. The van der Waals surface area contributed by atoms with E-state index in [-0.39, 0.29) is 16.3 Å². The first-order valence-electron chi connectivity index (χ1n) is 7.02. The smallest absolute Gasteiger partial charge is 0.317 e. The molecule has 128 valence electrons. The van der Waals surface area contributed by atoms with E-state index in [0.717, 1.165) is 11.8 Å². The molecule has 0 heterocycles. The third-order valence-corrected chi connectivity index (χ3v) is 3.50. The Morgan fingerprint density at radius 2 is 1.92 bits per heavy atom. The molecule has 25 heavy (non-hydrogen) atoms. The Morgan fingerprint density at radius 1 is 1.20 bits per heavy atom. The molecule has 9 heteroatoms. The van der Waals surface area contributed by atoms with Gasteiger partial charge in [0.25, 0.3) is 5.69 Å². The summed E-state index contributed by atoms with van der Waals surface area (Å²) >= 11 is 5.90. The molecule has 0 radical (unpaired) electrons. The second kappa shape index (κ2) is 8.02. The largest absolute Gasteiger partial charge is 0.329 e. The number of aryl methyl sites for hydroxylation is 1. The molecule has 2 N–H and O–H groups in total. The van der Waals surface area contributed by atoms with Crippen LogP contribution in [0.3, 0.4) is 0 Å².